The molecule has 0 aromatic heterocycles. The molecule has 6 heteroatoms. The van der Waals surface area contributed by atoms with Crippen LogP contribution in [-0.2, 0) is 14.9 Å². The molecular formula is C26H32N2O4. The Bertz CT molecular complexity index is 986. The van der Waals surface area contributed by atoms with Crippen molar-refractivity contribution in [3.05, 3.63) is 70.9 Å². The van der Waals surface area contributed by atoms with E-state index in [1.807, 2.05) is 43.3 Å². The Balaban J connectivity index is 1.83. The number of hydrogen-bond donors (Lipinski definition) is 2. The highest BCUT2D eigenvalue weighted by molar-refractivity contribution is 5.95. The third-order valence-corrected chi connectivity index (χ3v) is 5.32. The van der Waals surface area contributed by atoms with Crippen molar-refractivity contribution in [3.8, 4) is 11.5 Å². The van der Waals surface area contributed by atoms with Gasteiger partial charge in [0.2, 0.25) is 0 Å². The standard InChI is InChI=1S/C26H32N2O4/c1-6-8-21-22(24(29)31-7-2)23(28-25(30)27-21)17-9-13-19(14-10-17)32-20-15-11-18(12-16-20)26(3,4)5/h9-16,23H,6-8H2,1-5H3,(H2,27,28,30). The van der Waals surface area contributed by atoms with E-state index in [4.69, 9.17) is 9.47 Å². The van der Waals surface area contributed by atoms with Gasteiger partial charge in [-0.1, -0.05) is 58.4 Å². The highest BCUT2D eigenvalue weighted by atomic mass is 16.5. The third kappa shape index (κ3) is 5.49. The average Bonchev–Trinajstić information content (AvgIpc) is 2.74. The minimum absolute atomic E-state index is 0.0836. The van der Waals surface area contributed by atoms with Crippen LogP contribution < -0.4 is 15.4 Å². The summed E-state index contributed by atoms with van der Waals surface area (Å²) in [6, 6.07) is 14.5. The van der Waals surface area contributed by atoms with E-state index in [1.54, 1.807) is 6.92 Å². The number of carbonyl (C=O) groups excluding carboxylic acids is 2. The van der Waals surface area contributed by atoms with Gasteiger partial charge in [0.05, 0.1) is 18.2 Å². The fourth-order valence-corrected chi connectivity index (χ4v) is 3.65. The van der Waals surface area contributed by atoms with Crippen molar-refractivity contribution in [2.45, 2.75) is 58.9 Å². The number of hydrogen-bond acceptors (Lipinski definition) is 4. The molecule has 0 fully saturated rings. The fraction of sp³-hybridized carbons (Fsp3) is 0.385. The lowest BCUT2D eigenvalue weighted by Gasteiger charge is -2.29. The molecule has 2 aromatic rings. The van der Waals surface area contributed by atoms with Gasteiger partial charge in [-0.3, -0.25) is 0 Å². The largest absolute Gasteiger partial charge is 0.463 e. The molecular weight excluding hydrogens is 404 g/mol. The minimum atomic E-state index is -0.579. The highest BCUT2D eigenvalue weighted by Crippen LogP contribution is 2.32. The fourth-order valence-electron chi connectivity index (χ4n) is 3.65. The van der Waals surface area contributed by atoms with Gasteiger partial charge >= 0.3 is 12.0 Å². The van der Waals surface area contributed by atoms with Crippen LogP contribution in [0.5, 0.6) is 11.5 Å². The van der Waals surface area contributed by atoms with Crippen molar-refractivity contribution in [1.29, 1.82) is 0 Å². The van der Waals surface area contributed by atoms with Crippen molar-refractivity contribution in [2.75, 3.05) is 6.61 Å². The van der Waals surface area contributed by atoms with E-state index in [0.29, 0.717) is 23.4 Å². The van der Waals surface area contributed by atoms with E-state index in [9.17, 15) is 9.59 Å². The first kappa shape index (κ1) is 23.4. The molecule has 1 aliphatic heterocycles. The molecule has 1 heterocycles. The Labute approximate surface area is 190 Å². The first-order chi connectivity index (χ1) is 15.2. The summed E-state index contributed by atoms with van der Waals surface area (Å²) in [5.74, 6) is 0.999. The van der Waals surface area contributed by atoms with Crippen LogP contribution in [0.3, 0.4) is 0 Å². The quantitative estimate of drug-likeness (QED) is 0.542. The van der Waals surface area contributed by atoms with E-state index in [-0.39, 0.29) is 18.1 Å². The maximum absolute atomic E-state index is 12.7. The average molecular weight is 437 g/mol. The number of allylic oxidation sites excluding steroid dienone is 1. The maximum Gasteiger partial charge on any atom is 0.338 e. The molecule has 0 radical (unpaired) electrons. The second-order valence-corrected chi connectivity index (χ2v) is 8.84. The van der Waals surface area contributed by atoms with Gasteiger partial charge in [-0.15, -0.1) is 0 Å². The number of esters is 1. The Morgan fingerprint density at radius 1 is 0.969 bits per heavy atom. The number of ether oxygens (including phenoxy) is 2. The Morgan fingerprint density at radius 3 is 2.09 bits per heavy atom. The Morgan fingerprint density at radius 2 is 1.56 bits per heavy atom. The van der Waals surface area contributed by atoms with Gasteiger partial charge in [0.25, 0.3) is 0 Å². The zero-order valence-corrected chi connectivity index (χ0v) is 19.5. The predicted octanol–water partition coefficient (Wildman–Crippen LogP) is 5.75. The number of carbonyl (C=O) groups is 2. The first-order valence-electron chi connectivity index (χ1n) is 11.1. The number of amides is 2. The Kier molecular flexibility index (Phi) is 7.23. The van der Waals surface area contributed by atoms with Crippen molar-refractivity contribution < 1.29 is 19.1 Å². The predicted molar refractivity (Wildman–Crippen MR) is 125 cm³/mol. The molecule has 2 N–H and O–H groups in total. The van der Waals surface area contributed by atoms with Gasteiger partial charge in [0.15, 0.2) is 0 Å². The molecule has 32 heavy (non-hydrogen) atoms. The van der Waals surface area contributed by atoms with Gasteiger partial charge in [0.1, 0.15) is 11.5 Å². The molecule has 0 aliphatic carbocycles. The van der Waals surface area contributed by atoms with Crippen LogP contribution in [0.2, 0.25) is 0 Å². The SMILES string of the molecule is CCCC1=C(C(=O)OCC)C(c2ccc(Oc3ccc(C(C)(C)C)cc3)cc2)NC(=O)N1. The minimum Gasteiger partial charge on any atom is -0.463 e. The second kappa shape index (κ2) is 9.90. The highest BCUT2D eigenvalue weighted by Gasteiger charge is 2.33. The van der Waals surface area contributed by atoms with Crippen molar-refractivity contribution >= 4 is 12.0 Å². The summed E-state index contributed by atoms with van der Waals surface area (Å²) in [6.07, 6.45) is 1.38. The lowest BCUT2D eigenvalue weighted by molar-refractivity contribution is -0.139. The van der Waals surface area contributed by atoms with E-state index in [1.165, 1.54) is 5.56 Å². The summed E-state index contributed by atoms with van der Waals surface area (Å²) in [5, 5.41) is 5.62. The first-order valence-corrected chi connectivity index (χ1v) is 11.1. The van der Waals surface area contributed by atoms with Crippen molar-refractivity contribution in [2.24, 2.45) is 0 Å². The summed E-state index contributed by atoms with van der Waals surface area (Å²) in [7, 11) is 0. The summed E-state index contributed by atoms with van der Waals surface area (Å²) >= 11 is 0. The molecule has 0 bridgehead atoms. The van der Waals surface area contributed by atoms with Crippen LogP contribution in [-0.4, -0.2) is 18.6 Å². The smallest absolute Gasteiger partial charge is 0.338 e. The summed E-state index contributed by atoms with van der Waals surface area (Å²) in [4.78, 5) is 24.9. The summed E-state index contributed by atoms with van der Waals surface area (Å²) in [5.41, 5.74) is 3.16. The van der Waals surface area contributed by atoms with Crippen LogP contribution in [0.25, 0.3) is 0 Å². The number of rotatable bonds is 7. The van der Waals surface area contributed by atoms with E-state index < -0.39 is 12.0 Å². The number of benzene rings is 2. The van der Waals surface area contributed by atoms with Crippen LogP contribution >= 0.6 is 0 Å². The van der Waals surface area contributed by atoms with Gasteiger partial charge in [-0.25, -0.2) is 9.59 Å². The molecule has 6 nitrogen and oxygen atoms in total. The van der Waals surface area contributed by atoms with Crippen molar-refractivity contribution in [3.63, 3.8) is 0 Å². The monoisotopic (exact) mass is 436 g/mol. The zero-order valence-electron chi connectivity index (χ0n) is 19.5. The van der Waals surface area contributed by atoms with Crippen LogP contribution in [0.1, 0.15) is 64.6 Å². The molecule has 1 aliphatic rings. The maximum atomic E-state index is 12.7. The van der Waals surface area contributed by atoms with Gasteiger partial charge in [-0.05, 0) is 54.2 Å². The Hall–Kier alpha value is -3.28. The zero-order chi connectivity index (χ0) is 23.3. The number of urea groups is 1. The van der Waals surface area contributed by atoms with Gasteiger partial charge < -0.3 is 20.1 Å². The molecule has 0 spiro atoms. The van der Waals surface area contributed by atoms with Crippen LogP contribution in [0.15, 0.2) is 59.8 Å². The van der Waals surface area contributed by atoms with Crippen LogP contribution in [0.4, 0.5) is 4.79 Å². The molecule has 170 valence electrons. The van der Waals surface area contributed by atoms with E-state index in [0.717, 1.165) is 17.7 Å². The molecule has 0 saturated carbocycles. The molecule has 0 saturated heterocycles. The molecule has 1 unspecified atom stereocenters. The van der Waals surface area contributed by atoms with Crippen molar-refractivity contribution in [1.82, 2.24) is 10.6 Å². The van der Waals surface area contributed by atoms with Crippen LogP contribution in [0, 0.1) is 0 Å². The molecule has 1 atom stereocenters. The van der Waals surface area contributed by atoms with E-state index in [2.05, 4.69) is 43.5 Å². The molecule has 2 amide bonds. The molecule has 3 rings (SSSR count). The normalized spacial score (nSPS) is 16.3. The molecule has 2 aromatic carbocycles. The van der Waals surface area contributed by atoms with Gasteiger partial charge in [-0.2, -0.15) is 0 Å². The summed E-state index contributed by atoms with van der Waals surface area (Å²) < 4.78 is 11.2. The topological polar surface area (TPSA) is 76.7 Å². The third-order valence-electron chi connectivity index (χ3n) is 5.32. The summed E-state index contributed by atoms with van der Waals surface area (Å²) in [6.45, 7) is 10.6. The number of nitrogens with one attached hydrogen (secondary N) is 2. The van der Waals surface area contributed by atoms with Gasteiger partial charge in [0, 0.05) is 5.70 Å². The lowest BCUT2D eigenvalue weighted by atomic mass is 9.87. The second-order valence-electron chi connectivity index (χ2n) is 8.84. The lowest BCUT2D eigenvalue weighted by Crippen LogP contribution is -2.46. The van der Waals surface area contributed by atoms with E-state index >= 15 is 0 Å².